The zero-order valence-electron chi connectivity index (χ0n) is 12.5. The van der Waals surface area contributed by atoms with Crippen LogP contribution in [-0.2, 0) is 14.3 Å². The number of nitro groups is 1. The molecule has 1 saturated heterocycles. The minimum absolute atomic E-state index is 0.0683. The molecule has 0 saturated carbocycles. The van der Waals surface area contributed by atoms with E-state index >= 15 is 0 Å². The van der Waals surface area contributed by atoms with Crippen molar-refractivity contribution in [3.63, 3.8) is 0 Å². The minimum Gasteiger partial charge on any atom is -0.504 e. The van der Waals surface area contributed by atoms with Gasteiger partial charge in [0.05, 0.1) is 23.2 Å². The summed E-state index contributed by atoms with van der Waals surface area (Å²) in [5, 5.41) is 39.4. The van der Waals surface area contributed by atoms with Gasteiger partial charge >= 0.3 is 11.7 Å². The van der Waals surface area contributed by atoms with Gasteiger partial charge in [-0.05, 0) is 17.8 Å². The van der Waals surface area contributed by atoms with E-state index in [1.165, 1.54) is 7.11 Å². The number of phenols is 2. The Hall–Kier alpha value is -3.41. The van der Waals surface area contributed by atoms with Gasteiger partial charge in [-0.2, -0.15) is 5.10 Å². The van der Waals surface area contributed by atoms with Gasteiger partial charge in [0.2, 0.25) is 5.75 Å². The highest BCUT2D eigenvalue weighted by atomic mass is 32.2. The standard InChI is InChI=1S/C13H10N4O7S/c1-24-10(19)4-9-12(21)15-13(25-9)16-14-5-6-2-7(17(22)23)11(20)8(18)3-6/h2-5,18,20H,1H3,(H,15,16,21)/b9-4+,14-5?. The van der Waals surface area contributed by atoms with Crippen LogP contribution in [0.3, 0.4) is 0 Å². The third-order valence-electron chi connectivity index (χ3n) is 2.75. The van der Waals surface area contributed by atoms with Crippen molar-refractivity contribution in [1.29, 1.82) is 0 Å². The molecule has 2 rings (SSSR count). The van der Waals surface area contributed by atoms with Crippen LogP contribution in [0.1, 0.15) is 5.56 Å². The highest BCUT2D eigenvalue weighted by Crippen LogP contribution is 2.35. The average Bonchev–Trinajstić information content (AvgIpc) is 2.89. The lowest BCUT2D eigenvalue weighted by atomic mass is 10.2. The normalized spacial score (nSPS) is 17.2. The molecule has 1 fully saturated rings. The summed E-state index contributed by atoms with van der Waals surface area (Å²) in [5.41, 5.74) is -0.591. The van der Waals surface area contributed by atoms with Gasteiger partial charge in [-0.3, -0.25) is 20.2 Å². The van der Waals surface area contributed by atoms with Gasteiger partial charge in [-0.1, -0.05) is 0 Å². The van der Waals surface area contributed by atoms with E-state index in [1.807, 2.05) is 0 Å². The van der Waals surface area contributed by atoms with Gasteiger partial charge in [-0.15, -0.1) is 5.10 Å². The first-order valence-electron chi connectivity index (χ1n) is 6.42. The van der Waals surface area contributed by atoms with Crippen LogP contribution in [0.15, 0.2) is 33.3 Å². The van der Waals surface area contributed by atoms with Crippen molar-refractivity contribution in [2.75, 3.05) is 7.11 Å². The number of thioether (sulfide) groups is 1. The highest BCUT2D eigenvalue weighted by Gasteiger charge is 2.25. The van der Waals surface area contributed by atoms with E-state index in [9.17, 15) is 29.9 Å². The van der Waals surface area contributed by atoms with Crippen molar-refractivity contribution >= 4 is 40.7 Å². The van der Waals surface area contributed by atoms with Crippen molar-refractivity contribution in [3.8, 4) is 11.5 Å². The lowest BCUT2D eigenvalue weighted by molar-refractivity contribution is -0.386. The Balaban J connectivity index is 2.17. The number of hydrogen-bond donors (Lipinski definition) is 3. The second-order valence-corrected chi connectivity index (χ2v) is 5.43. The number of nitrogens with one attached hydrogen (secondary N) is 1. The van der Waals surface area contributed by atoms with E-state index in [0.29, 0.717) is 0 Å². The number of carbonyl (C=O) groups excluding carboxylic acids is 2. The van der Waals surface area contributed by atoms with Crippen LogP contribution in [-0.4, -0.2) is 45.5 Å². The first-order chi connectivity index (χ1) is 11.8. The van der Waals surface area contributed by atoms with Crippen LogP contribution in [0.5, 0.6) is 11.5 Å². The number of amides is 1. The van der Waals surface area contributed by atoms with Crippen molar-refractivity contribution in [3.05, 3.63) is 38.8 Å². The molecule has 0 bridgehead atoms. The summed E-state index contributed by atoms with van der Waals surface area (Å²) in [7, 11) is 1.17. The van der Waals surface area contributed by atoms with Crippen molar-refractivity contribution in [2.45, 2.75) is 0 Å². The second kappa shape index (κ2) is 7.44. The number of ether oxygens (including phenoxy) is 1. The van der Waals surface area contributed by atoms with Crippen molar-refractivity contribution in [2.24, 2.45) is 10.2 Å². The lowest BCUT2D eigenvalue weighted by Crippen LogP contribution is -2.19. The van der Waals surface area contributed by atoms with Crippen molar-refractivity contribution in [1.82, 2.24) is 5.32 Å². The number of amidine groups is 1. The monoisotopic (exact) mass is 366 g/mol. The number of benzene rings is 1. The molecule has 1 amide bonds. The molecule has 0 unspecified atom stereocenters. The minimum atomic E-state index is -0.866. The Morgan fingerprint density at radius 3 is 2.80 bits per heavy atom. The van der Waals surface area contributed by atoms with Gasteiger partial charge in [0, 0.05) is 17.7 Å². The van der Waals surface area contributed by atoms with Crippen molar-refractivity contribution < 1.29 is 29.5 Å². The summed E-state index contributed by atoms with van der Waals surface area (Å²) in [4.78, 5) is 32.7. The topological polar surface area (TPSA) is 164 Å². The molecule has 1 heterocycles. The number of rotatable bonds is 4. The number of methoxy groups -OCH3 is 1. The van der Waals surface area contributed by atoms with Gasteiger partial charge in [0.25, 0.3) is 5.91 Å². The number of aromatic hydroxyl groups is 2. The summed E-state index contributed by atoms with van der Waals surface area (Å²) in [6.45, 7) is 0. The SMILES string of the molecule is COC(=O)/C=C1/S/C(=N\N=Cc2cc(O)c(O)c([N+](=O)[O-])c2)NC1=O. The van der Waals surface area contributed by atoms with Gasteiger partial charge in [-0.25, -0.2) is 4.79 Å². The van der Waals surface area contributed by atoms with E-state index in [-0.39, 0.29) is 15.6 Å². The summed E-state index contributed by atoms with van der Waals surface area (Å²) in [5.74, 6) is -2.80. The maximum atomic E-state index is 11.6. The Labute approximate surface area is 143 Å². The predicted molar refractivity (Wildman–Crippen MR) is 87.3 cm³/mol. The largest absolute Gasteiger partial charge is 0.504 e. The molecule has 1 aromatic carbocycles. The molecule has 1 aliphatic rings. The molecule has 0 atom stereocenters. The molecular weight excluding hydrogens is 356 g/mol. The molecule has 130 valence electrons. The molecule has 0 aliphatic carbocycles. The number of carbonyl (C=O) groups is 2. The third kappa shape index (κ3) is 4.32. The maximum Gasteiger partial charge on any atom is 0.331 e. The molecular formula is C13H10N4O7S. The third-order valence-corrected chi connectivity index (χ3v) is 3.65. The zero-order chi connectivity index (χ0) is 18.6. The first-order valence-corrected chi connectivity index (χ1v) is 7.23. The van der Waals surface area contributed by atoms with Crippen LogP contribution in [0.2, 0.25) is 0 Å². The van der Waals surface area contributed by atoms with Gasteiger partial charge in [0.15, 0.2) is 10.9 Å². The molecule has 0 spiro atoms. The van der Waals surface area contributed by atoms with Gasteiger partial charge in [0.1, 0.15) is 0 Å². The fourth-order valence-electron chi connectivity index (χ4n) is 1.63. The highest BCUT2D eigenvalue weighted by molar-refractivity contribution is 8.18. The van der Waals surface area contributed by atoms with E-state index in [1.54, 1.807) is 0 Å². The fourth-order valence-corrected chi connectivity index (χ4v) is 2.37. The molecule has 1 aromatic rings. The summed E-state index contributed by atoms with van der Waals surface area (Å²) >= 11 is 0.850. The van der Waals surface area contributed by atoms with Crippen LogP contribution < -0.4 is 5.32 Å². The summed E-state index contributed by atoms with van der Waals surface area (Å²) in [6.07, 6.45) is 2.07. The summed E-state index contributed by atoms with van der Waals surface area (Å²) < 4.78 is 4.41. The quantitative estimate of drug-likeness (QED) is 0.174. The first kappa shape index (κ1) is 17.9. The Kier molecular flexibility index (Phi) is 5.34. The Morgan fingerprint density at radius 1 is 1.44 bits per heavy atom. The molecule has 3 N–H and O–H groups in total. The van der Waals surface area contributed by atoms with E-state index in [4.69, 9.17) is 0 Å². The predicted octanol–water partition coefficient (Wildman–Crippen LogP) is 0.616. The zero-order valence-corrected chi connectivity index (χ0v) is 13.3. The molecule has 1 aliphatic heterocycles. The number of nitro benzene ring substituents is 1. The summed E-state index contributed by atoms with van der Waals surface area (Å²) in [6, 6.07) is 2.04. The van der Waals surface area contributed by atoms with E-state index in [2.05, 4.69) is 20.3 Å². The number of nitrogens with zero attached hydrogens (tertiary/aromatic N) is 3. The van der Waals surface area contributed by atoms with Crippen LogP contribution >= 0.6 is 11.8 Å². The van der Waals surface area contributed by atoms with Crippen LogP contribution in [0.25, 0.3) is 0 Å². The molecule has 25 heavy (non-hydrogen) atoms. The smallest absolute Gasteiger partial charge is 0.331 e. The second-order valence-electron chi connectivity index (χ2n) is 4.40. The van der Waals surface area contributed by atoms with Crippen LogP contribution in [0, 0.1) is 10.1 Å². The number of esters is 1. The fraction of sp³-hybridized carbons (Fsp3) is 0.0769. The van der Waals surface area contributed by atoms with Crippen LogP contribution in [0.4, 0.5) is 5.69 Å². The molecule has 0 aromatic heterocycles. The van der Waals surface area contributed by atoms with Gasteiger partial charge < -0.3 is 14.9 Å². The Morgan fingerprint density at radius 2 is 2.16 bits per heavy atom. The van der Waals surface area contributed by atoms with E-state index in [0.717, 1.165) is 36.2 Å². The maximum absolute atomic E-state index is 11.6. The number of phenolic OH excluding ortho intramolecular Hbond substituents is 2. The Bertz CT molecular complexity index is 847. The molecule has 0 radical (unpaired) electrons. The average molecular weight is 366 g/mol. The number of hydrogen-bond acceptors (Lipinski definition) is 10. The van der Waals surface area contributed by atoms with E-state index < -0.39 is 34.0 Å². The molecule has 12 heteroatoms. The molecule has 11 nitrogen and oxygen atoms in total. The lowest BCUT2D eigenvalue weighted by Gasteiger charge is -2.00.